The van der Waals surface area contributed by atoms with Gasteiger partial charge in [-0.1, -0.05) is 49.4 Å². The second-order valence-electron chi connectivity index (χ2n) is 6.64. The van der Waals surface area contributed by atoms with Crippen LogP contribution >= 0.6 is 23.2 Å². The zero-order valence-corrected chi connectivity index (χ0v) is 14.8. The summed E-state index contributed by atoms with van der Waals surface area (Å²) in [5.41, 5.74) is 0. The van der Waals surface area contributed by atoms with Crippen LogP contribution < -0.4 is 0 Å². The van der Waals surface area contributed by atoms with Crippen molar-refractivity contribution in [3.05, 3.63) is 0 Å². The van der Waals surface area contributed by atoms with Gasteiger partial charge >= 0.3 is 0 Å². The molecule has 0 heterocycles. The molecule has 0 aliphatic heterocycles. The summed E-state index contributed by atoms with van der Waals surface area (Å²) in [5, 5.41) is 0. The summed E-state index contributed by atoms with van der Waals surface area (Å²) >= 11 is 12.7. The quantitative estimate of drug-likeness (QED) is 0.453. The van der Waals surface area contributed by atoms with Gasteiger partial charge in [-0.3, -0.25) is 4.79 Å². The van der Waals surface area contributed by atoms with Crippen molar-refractivity contribution in [3.8, 4) is 0 Å². The first-order chi connectivity index (χ1) is 10.0. The zero-order chi connectivity index (χ0) is 15.5. The molecule has 0 saturated heterocycles. The molecule has 2 saturated carbocycles. The molecule has 0 radical (unpaired) electrons. The molecule has 2 fully saturated rings. The first-order valence-electron chi connectivity index (χ1n) is 8.53. The van der Waals surface area contributed by atoms with Crippen molar-refractivity contribution in [2.24, 2.45) is 17.8 Å². The maximum absolute atomic E-state index is 11.9. The molecule has 122 valence electrons. The highest BCUT2D eigenvalue weighted by Crippen LogP contribution is 2.56. The molecule has 4 heteroatoms. The number of rotatable bonds is 8. The molecule has 21 heavy (non-hydrogen) atoms. The molecule has 2 nitrogen and oxygen atoms in total. The first-order valence-corrected chi connectivity index (χ1v) is 9.28. The van der Waals surface area contributed by atoms with E-state index in [2.05, 4.69) is 13.8 Å². The summed E-state index contributed by atoms with van der Waals surface area (Å²) in [4.78, 5) is 11.9. The fourth-order valence-corrected chi connectivity index (χ4v) is 5.16. The summed E-state index contributed by atoms with van der Waals surface area (Å²) < 4.78 is 4.58. The number of alkyl halides is 2. The number of fused-ring (bicyclic) bond motifs is 1. The molecular weight excluding hydrogens is 307 g/mol. The van der Waals surface area contributed by atoms with E-state index >= 15 is 0 Å². The van der Waals surface area contributed by atoms with Crippen LogP contribution in [-0.2, 0) is 9.53 Å². The Kier molecular flexibility index (Phi) is 6.40. The number of carbonyl (C=O) groups excluding carboxylic acids is 1. The van der Waals surface area contributed by atoms with Crippen molar-refractivity contribution in [2.75, 3.05) is 6.61 Å². The van der Waals surface area contributed by atoms with Gasteiger partial charge in [0.05, 0.1) is 6.10 Å². The number of hydrogen-bond donors (Lipinski definition) is 0. The average molecular weight is 335 g/mol. The minimum absolute atomic E-state index is 0.0490. The minimum Gasteiger partial charge on any atom is -0.379 e. The Bertz CT molecular complexity index is 357. The fraction of sp³-hybridized carbons (Fsp3) is 0.941. The normalized spacial score (nSPS) is 32.4. The molecule has 2 aliphatic rings. The molecule has 0 spiro atoms. The summed E-state index contributed by atoms with van der Waals surface area (Å²) in [5.74, 6) is 1.21. The van der Waals surface area contributed by atoms with Gasteiger partial charge < -0.3 is 4.74 Å². The molecule has 0 aromatic rings. The molecular formula is C17H28Cl2O2. The Labute approximate surface area is 138 Å². The zero-order valence-electron chi connectivity index (χ0n) is 13.2. The molecule has 0 aromatic carbocycles. The van der Waals surface area contributed by atoms with E-state index in [4.69, 9.17) is 27.9 Å². The Balaban J connectivity index is 1.75. The van der Waals surface area contributed by atoms with Crippen molar-refractivity contribution < 1.29 is 9.53 Å². The summed E-state index contributed by atoms with van der Waals surface area (Å²) in [6, 6.07) is 0. The van der Waals surface area contributed by atoms with Crippen molar-refractivity contribution in [1.29, 1.82) is 0 Å². The fourth-order valence-electron chi connectivity index (χ4n) is 4.30. The van der Waals surface area contributed by atoms with Gasteiger partial charge in [-0.15, -0.1) is 0 Å². The highest BCUT2D eigenvalue weighted by atomic mass is 35.5. The van der Waals surface area contributed by atoms with E-state index in [1.165, 1.54) is 19.3 Å². The second kappa shape index (κ2) is 7.66. The summed E-state index contributed by atoms with van der Waals surface area (Å²) in [7, 11) is 0. The van der Waals surface area contributed by atoms with Gasteiger partial charge in [0, 0.05) is 18.9 Å². The van der Waals surface area contributed by atoms with Gasteiger partial charge in [0.15, 0.2) is 10.1 Å². The van der Waals surface area contributed by atoms with E-state index in [9.17, 15) is 4.79 Å². The van der Waals surface area contributed by atoms with E-state index in [-0.39, 0.29) is 11.7 Å². The van der Waals surface area contributed by atoms with Crippen LogP contribution in [0, 0.1) is 17.8 Å². The van der Waals surface area contributed by atoms with Crippen LogP contribution in [0.5, 0.6) is 0 Å². The largest absolute Gasteiger partial charge is 0.379 e. The van der Waals surface area contributed by atoms with Crippen LogP contribution in [0.15, 0.2) is 0 Å². The number of ether oxygens (including phenoxy) is 1. The summed E-state index contributed by atoms with van der Waals surface area (Å²) in [6.45, 7) is 5.04. The van der Waals surface area contributed by atoms with Gasteiger partial charge in [-0.2, -0.15) is 0 Å². The molecule has 2 rings (SSSR count). The monoisotopic (exact) mass is 334 g/mol. The van der Waals surface area contributed by atoms with Gasteiger partial charge in [-0.25, -0.2) is 0 Å². The number of hydrogen-bond acceptors (Lipinski definition) is 2. The van der Waals surface area contributed by atoms with Crippen LogP contribution in [0.4, 0.5) is 0 Å². The first kappa shape index (κ1) is 17.6. The van der Waals surface area contributed by atoms with E-state index in [1.807, 2.05) is 0 Å². The lowest BCUT2D eigenvalue weighted by molar-refractivity contribution is -0.118. The third-order valence-corrected chi connectivity index (χ3v) is 6.30. The predicted octanol–water partition coefficient (Wildman–Crippen LogP) is 5.15. The highest BCUT2D eigenvalue weighted by molar-refractivity contribution is 6.59. The summed E-state index contributed by atoms with van der Waals surface area (Å²) in [6.07, 6.45) is 9.06. The van der Waals surface area contributed by atoms with Crippen LogP contribution in [-0.4, -0.2) is 22.8 Å². The standard InChI is InChI=1S/C17H28Cl2O2/c1-3-14(21-4-2)8-6-5-7-12-9-10-13-11-15(20)17(18,19)16(12)13/h12-14,16H,3-11H2,1-2H3. The van der Waals surface area contributed by atoms with E-state index in [0.717, 1.165) is 32.3 Å². The Hall–Kier alpha value is 0.210. The van der Waals surface area contributed by atoms with Gasteiger partial charge in [0.25, 0.3) is 0 Å². The SMILES string of the molecule is CCOC(CC)CCCCC1CCC2CC(=O)C(Cl)(Cl)C12. The van der Waals surface area contributed by atoms with Gasteiger partial charge in [0.2, 0.25) is 0 Å². The smallest absolute Gasteiger partial charge is 0.179 e. The minimum atomic E-state index is -1.11. The van der Waals surface area contributed by atoms with Gasteiger partial charge in [0.1, 0.15) is 0 Å². The number of halogens is 2. The van der Waals surface area contributed by atoms with Crippen LogP contribution in [0.3, 0.4) is 0 Å². The van der Waals surface area contributed by atoms with Crippen molar-refractivity contribution in [2.45, 2.75) is 75.7 Å². The maximum atomic E-state index is 11.9. The third-order valence-electron chi connectivity index (χ3n) is 5.37. The number of Topliss-reactive ketones (excluding diaryl/α,β-unsaturated/α-hetero) is 1. The Morgan fingerprint density at radius 3 is 2.71 bits per heavy atom. The van der Waals surface area contributed by atoms with Crippen LogP contribution in [0.25, 0.3) is 0 Å². The average Bonchev–Trinajstić information content (AvgIpc) is 2.94. The lowest BCUT2D eigenvalue weighted by atomic mass is 9.87. The van der Waals surface area contributed by atoms with Crippen molar-refractivity contribution in [3.63, 3.8) is 0 Å². The lowest BCUT2D eigenvalue weighted by Crippen LogP contribution is -2.31. The molecule has 4 atom stereocenters. The van der Waals surface area contributed by atoms with Gasteiger partial charge in [-0.05, 0) is 44.4 Å². The molecule has 0 N–H and O–H groups in total. The molecule has 4 unspecified atom stereocenters. The van der Waals surface area contributed by atoms with E-state index in [1.54, 1.807) is 0 Å². The third kappa shape index (κ3) is 3.95. The number of carbonyl (C=O) groups is 1. The molecule has 0 aromatic heterocycles. The number of unbranched alkanes of at least 4 members (excludes halogenated alkanes) is 1. The van der Waals surface area contributed by atoms with Crippen molar-refractivity contribution in [1.82, 2.24) is 0 Å². The van der Waals surface area contributed by atoms with Crippen LogP contribution in [0.1, 0.15) is 65.2 Å². The van der Waals surface area contributed by atoms with E-state index < -0.39 is 4.33 Å². The predicted molar refractivity (Wildman–Crippen MR) is 87.9 cm³/mol. The maximum Gasteiger partial charge on any atom is 0.179 e. The highest BCUT2D eigenvalue weighted by Gasteiger charge is 2.57. The topological polar surface area (TPSA) is 26.3 Å². The molecule has 2 aliphatic carbocycles. The van der Waals surface area contributed by atoms with E-state index in [0.29, 0.717) is 24.4 Å². The molecule has 0 amide bonds. The molecule has 0 bridgehead atoms. The van der Waals surface area contributed by atoms with Crippen molar-refractivity contribution >= 4 is 29.0 Å². The Morgan fingerprint density at radius 2 is 2.05 bits per heavy atom. The second-order valence-corrected chi connectivity index (χ2v) is 8.03. The van der Waals surface area contributed by atoms with Crippen LogP contribution in [0.2, 0.25) is 0 Å². The lowest BCUT2D eigenvalue weighted by Gasteiger charge is -2.26. The number of ketones is 1. The Morgan fingerprint density at radius 1 is 1.29 bits per heavy atom.